The molecule has 0 aliphatic rings. The number of nitrogens with zero attached hydrogens (tertiary/aromatic N) is 1. The molecule has 0 aliphatic carbocycles. The Hall–Kier alpha value is -4.06. The molecule has 0 spiro atoms. The number of hydrogen-bond acceptors (Lipinski definition) is 4. The van der Waals surface area contributed by atoms with E-state index in [0.29, 0.717) is 17.7 Å². The minimum absolute atomic E-state index is 0.0237. The van der Waals surface area contributed by atoms with Crippen molar-refractivity contribution >= 4 is 22.8 Å². The quantitative estimate of drug-likeness (QED) is 0.213. The van der Waals surface area contributed by atoms with Crippen molar-refractivity contribution in [2.24, 2.45) is 13.0 Å². The minimum Gasteiger partial charge on any atom is -0.478 e. The topological polar surface area (TPSA) is 69.6 Å². The number of aryl methyl sites for hydroxylation is 1. The average Bonchev–Trinajstić information content (AvgIpc) is 3.19. The molecular weight excluding hydrogens is 524 g/mol. The van der Waals surface area contributed by atoms with Crippen molar-refractivity contribution in [3.05, 3.63) is 100 Å². The molecule has 1 heterocycles. The van der Waals surface area contributed by atoms with E-state index in [1.165, 1.54) is 18.2 Å². The number of fused-ring (bicyclic) bond motifs is 1. The molecular formula is C36H44N2O4. The lowest BCUT2D eigenvalue weighted by molar-refractivity contribution is -0.150. The Morgan fingerprint density at radius 1 is 0.952 bits per heavy atom. The van der Waals surface area contributed by atoms with Crippen LogP contribution in [0.1, 0.15) is 85.9 Å². The van der Waals surface area contributed by atoms with Crippen LogP contribution in [-0.2, 0) is 28.4 Å². The highest BCUT2D eigenvalue weighted by Gasteiger charge is 2.25. The first-order valence-electron chi connectivity index (χ1n) is 14.6. The maximum absolute atomic E-state index is 13.3. The number of esters is 1. The highest BCUT2D eigenvalue weighted by atomic mass is 16.6. The number of carbonyl (C=O) groups is 2. The normalized spacial score (nSPS) is 13.2. The van der Waals surface area contributed by atoms with E-state index in [4.69, 9.17) is 9.47 Å². The Bertz CT molecular complexity index is 1590. The van der Waals surface area contributed by atoms with Crippen LogP contribution in [0.25, 0.3) is 10.9 Å². The molecule has 0 saturated carbocycles. The number of benzene rings is 3. The molecule has 1 aromatic heterocycles. The molecule has 0 bridgehead atoms. The predicted octanol–water partition coefficient (Wildman–Crippen LogP) is 7.44. The van der Waals surface area contributed by atoms with Gasteiger partial charge in [0.25, 0.3) is 5.91 Å². The maximum atomic E-state index is 13.3. The van der Waals surface area contributed by atoms with Gasteiger partial charge in [-0.25, -0.2) is 4.79 Å². The highest BCUT2D eigenvalue weighted by molar-refractivity contribution is 5.99. The van der Waals surface area contributed by atoms with Crippen LogP contribution < -0.4 is 10.1 Å². The smallest absolute Gasteiger partial charge is 0.347 e. The van der Waals surface area contributed by atoms with Crippen LogP contribution in [0, 0.1) is 12.8 Å². The molecule has 6 heteroatoms. The number of carbonyl (C=O) groups excluding carboxylic acids is 2. The summed E-state index contributed by atoms with van der Waals surface area (Å²) < 4.78 is 13.1. The minimum atomic E-state index is -0.667. The van der Waals surface area contributed by atoms with E-state index in [9.17, 15) is 9.59 Å². The molecule has 2 atom stereocenters. The van der Waals surface area contributed by atoms with E-state index < -0.39 is 6.10 Å². The fourth-order valence-corrected chi connectivity index (χ4v) is 5.30. The van der Waals surface area contributed by atoms with Gasteiger partial charge in [0.05, 0.1) is 13.2 Å². The molecule has 6 nitrogen and oxygen atoms in total. The Morgan fingerprint density at radius 2 is 1.67 bits per heavy atom. The summed E-state index contributed by atoms with van der Waals surface area (Å²) in [4.78, 5) is 25.5. The summed E-state index contributed by atoms with van der Waals surface area (Å²) in [7, 11) is 3.41. The lowest BCUT2D eigenvalue weighted by Gasteiger charge is -2.22. The first-order valence-corrected chi connectivity index (χ1v) is 14.6. The fraction of sp³-hybridized carbons (Fsp3) is 0.389. The largest absolute Gasteiger partial charge is 0.478 e. The Morgan fingerprint density at radius 3 is 2.33 bits per heavy atom. The zero-order chi connectivity index (χ0) is 30.8. The van der Waals surface area contributed by atoms with Crippen LogP contribution in [0.2, 0.25) is 0 Å². The number of nitrogens with one attached hydrogen (secondary N) is 1. The summed E-state index contributed by atoms with van der Waals surface area (Å²) in [6.07, 6.45) is 0.0247. The summed E-state index contributed by atoms with van der Waals surface area (Å²) in [6.45, 7) is 14.6. The molecule has 0 fully saturated rings. The van der Waals surface area contributed by atoms with E-state index in [-0.39, 0.29) is 29.3 Å². The van der Waals surface area contributed by atoms with Gasteiger partial charge in [-0.1, -0.05) is 77.1 Å². The lowest BCUT2D eigenvalue weighted by atomic mass is 9.85. The lowest BCUT2D eigenvalue weighted by Crippen LogP contribution is -2.33. The SMILES string of the molecule is COC(=O)C(Oc1cccc(Cc2c(C)n(C)c3cc(C(=O)N[C@@H](C)c4cccc(C(C)(C)C)c4)ccc23)c1)C(C)C. The third-order valence-corrected chi connectivity index (χ3v) is 8.07. The first-order chi connectivity index (χ1) is 19.8. The monoisotopic (exact) mass is 568 g/mol. The second-order valence-electron chi connectivity index (χ2n) is 12.6. The third kappa shape index (κ3) is 6.70. The standard InChI is InChI=1S/C36H44N2O4/c1-22(2)33(35(40)41-9)42-29-15-10-12-25(18-29)19-31-24(4)38(8)32-21-27(16-17-30(31)32)34(39)37-23(3)26-13-11-14-28(20-26)36(5,6)7/h10-18,20-23,33H,19H2,1-9H3,(H,37,39)/t23-,33?/m0/s1. The van der Waals surface area contributed by atoms with Gasteiger partial charge in [0, 0.05) is 35.1 Å². The molecule has 1 N–H and O–H groups in total. The molecule has 4 rings (SSSR count). The van der Waals surface area contributed by atoms with Crippen LogP contribution in [0.3, 0.4) is 0 Å². The van der Waals surface area contributed by atoms with Crippen LogP contribution in [0.4, 0.5) is 0 Å². The molecule has 42 heavy (non-hydrogen) atoms. The van der Waals surface area contributed by atoms with Crippen LogP contribution >= 0.6 is 0 Å². The molecule has 3 aromatic carbocycles. The van der Waals surface area contributed by atoms with Gasteiger partial charge in [0.15, 0.2) is 6.10 Å². The molecule has 0 aliphatic heterocycles. The van der Waals surface area contributed by atoms with Crippen LogP contribution in [0.15, 0.2) is 66.7 Å². The maximum Gasteiger partial charge on any atom is 0.347 e. The molecule has 0 saturated heterocycles. The summed E-state index contributed by atoms with van der Waals surface area (Å²) in [5, 5.41) is 4.29. The van der Waals surface area contributed by atoms with Crippen molar-refractivity contribution < 1.29 is 19.1 Å². The molecule has 0 radical (unpaired) electrons. The molecule has 4 aromatic rings. The van der Waals surface area contributed by atoms with Gasteiger partial charge in [-0.2, -0.15) is 0 Å². The van der Waals surface area contributed by atoms with E-state index in [1.54, 1.807) is 0 Å². The van der Waals surface area contributed by atoms with Gasteiger partial charge in [0.2, 0.25) is 0 Å². The first kappa shape index (κ1) is 30.9. The van der Waals surface area contributed by atoms with Gasteiger partial charge < -0.3 is 19.4 Å². The Balaban J connectivity index is 1.55. The van der Waals surface area contributed by atoms with Crippen molar-refractivity contribution in [1.82, 2.24) is 9.88 Å². The van der Waals surface area contributed by atoms with Crippen molar-refractivity contribution in [2.45, 2.75) is 72.4 Å². The zero-order valence-corrected chi connectivity index (χ0v) is 26.4. The Kier molecular flexibility index (Phi) is 9.15. The predicted molar refractivity (Wildman–Crippen MR) is 169 cm³/mol. The molecule has 222 valence electrons. The van der Waals surface area contributed by atoms with Gasteiger partial charge in [0.1, 0.15) is 5.75 Å². The number of rotatable bonds is 9. The number of methoxy groups -OCH3 is 1. The van der Waals surface area contributed by atoms with Crippen LogP contribution in [0.5, 0.6) is 5.75 Å². The van der Waals surface area contributed by atoms with Crippen molar-refractivity contribution in [2.75, 3.05) is 7.11 Å². The average molecular weight is 569 g/mol. The van der Waals surface area contributed by atoms with Crippen molar-refractivity contribution in [1.29, 1.82) is 0 Å². The van der Waals surface area contributed by atoms with Gasteiger partial charge in [-0.15, -0.1) is 0 Å². The van der Waals surface area contributed by atoms with Crippen molar-refractivity contribution in [3.8, 4) is 5.75 Å². The molecule has 1 amide bonds. The summed E-state index contributed by atoms with van der Waals surface area (Å²) >= 11 is 0. The molecule has 1 unspecified atom stereocenters. The second kappa shape index (κ2) is 12.4. The van der Waals surface area contributed by atoms with Gasteiger partial charge in [-0.3, -0.25) is 4.79 Å². The van der Waals surface area contributed by atoms with E-state index >= 15 is 0 Å². The van der Waals surface area contributed by atoms with Crippen LogP contribution in [-0.4, -0.2) is 29.7 Å². The zero-order valence-electron chi connectivity index (χ0n) is 26.4. The number of ether oxygens (including phenoxy) is 2. The Labute approximate surface area is 250 Å². The third-order valence-electron chi connectivity index (χ3n) is 8.07. The fourth-order valence-electron chi connectivity index (χ4n) is 5.30. The van der Waals surface area contributed by atoms with E-state index in [1.807, 2.05) is 64.2 Å². The number of hydrogen-bond donors (Lipinski definition) is 1. The van der Waals surface area contributed by atoms with Crippen molar-refractivity contribution in [3.63, 3.8) is 0 Å². The van der Waals surface area contributed by atoms with Gasteiger partial charge >= 0.3 is 5.97 Å². The van der Waals surface area contributed by atoms with E-state index in [0.717, 1.165) is 27.7 Å². The highest BCUT2D eigenvalue weighted by Crippen LogP contribution is 2.30. The summed E-state index contributed by atoms with van der Waals surface area (Å²) in [6, 6.07) is 22.1. The number of amides is 1. The van der Waals surface area contributed by atoms with Gasteiger partial charge in [-0.05, 0) is 72.2 Å². The van der Waals surface area contributed by atoms with E-state index in [2.05, 4.69) is 67.9 Å². The second-order valence-corrected chi connectivity index (χ2v) is 12.6. The summed E-state index contributed by atoms with van der Waals surface area (Å²) in [5.41, 5.74) is 7.42. The number of aromatic nitrogens is 1. The summed E-state index contributed by atoms with van der Waals surface area (Å²) in [5.74, 6) is 0.133.